The molecule has 0 saturated carbocycles. The van der Waals surface area contributed by atoms with Crippen LogP contribution in [0.1, 0.15) is 11.1 Å². The van der Waals surface area contributed by atoms with Crippen LogP contribution in [0.15, 0.2) is 72.4 Å². The number of carbonyl (C=O) groups excluding carboxylic acids is 2. The SMILES string of the molecule is Cc1ccc(Cl)cc1NC1=C(c2ccc(F)cc2)C(=O)N(c2cccc(N(C)C)c2)C1=O. The number of rotatable bonds is 5. The van der Waals surface area contributed by atoms with E-state index in [0.717, 1.165) is 16.2 Å². The molecular formula is C25H21ClFN3O2. The van der Waals surface area contributed by atoms with Crippen molar-refractivity contribution in [2.45, 2.75) is 6.92 Å². The van der Waals surface area contributed by atoms with E-state index in [-0.39, 0.29) is 11.3 Å². The first-order valence-electron chi connectivity index (χ1n) is 9.96. The molecule has 0 spiro atoms. The lowest BCUT2D eigenvalue weighted by molar-refractivity contribution is -0.120. The van der Waals surface area contributed by atoms with Crippen molar-refractivity contribution in [3.05, 3.63) is 94.4 Å². The molecule has 0 saturated heterocycles. The van der Waals surface area contributed by atoms with E-state index in [2.05, 4.69) is 5.32 Å². The van der Waals surface area contributed by atoms with E-state index >= 15 is 0 Å². The first kappa shape index (κ1) is 21.6. The lowest BCUT2D eigenvalue weighted by atomic mass is 10.0. The average molecular weight is 450 g/mol. The van der Waals surface area contributed by atoms with Gasteiger partial charge in [0.05, 0.1) is 11.3 Å². The maximum Gasteiger partial charge on any atom is 0.282 e. The summed E-state index contributed by atoms with van der Waals surface area (Å²) in [6.07, 6.45) is 0. The molecule has 2 amide bonds. The molecule has 162 valence electrons. The summed E-state index contributed by atoms with van der Waals surface area (Å²) in [6, 6.07) is 17.9. The Balaban J connectivity index is 1.84. The first-order valence-corrected chi connectivity index (χ1v) is 10.3. The van der Waals surface area contributed by atoms with E-state index in [0.29, 0.717) is 22.0 Å². The summed E-state index contributed by atoms with van der Waals surface area (Å²) in [5.41, 5.74) is 3.49. The van der Waals surface area contributed by atoms with E-state index in [1.807, 2.05) is 38.1 Å². The predicted molar refractivity (Wildman–Crippen MR) is 126 cm³/mol. The molecule has 0 aliphatic carbocycles. The highest BCUT2D eigenvalue weighted by Crippen LogP contribution is 2.35. The molecule has 0 aromatic heterocycles. The van der Waals surface area contributed by atoms with Crippen molar-refractivity contribution in [3.63, 3.8) is 0 Å². The number of nitrogens with one attached hydrogen (secondary N) is 1. The van der Waals surface area contributed by atoms with Gasteiger partial charge in [-0.1, -0.05) is 35.9 Å². The van der Waals surface area contributed by atoms with Gasteiger partial charge < -0.3 is 10.2 Å². The smallest absolute Gasteiger partial charge is 0.282 e. The third kappa shape index (κ3) is 3.97. The summed E-state index contributed by atoms with van der Waals surface area (Å²) in [5.74, 6) is -1.41. The number of benzene rings is 3. The van der Waals surface area contributed by atoms with Crippen molar-refractivity contribution in [1.29, 1.82) is 0 Å². The third-order valence-corrected chi connectivity index (χ3v) is 5.52. The van der Waals surface area contributed by atoms with Crippen molar-refractivity contribution in [2.24, 2.45) is 0 Å². The Labute approximate surface area is 190 Å². The van der Waals surface area contributed by atoms with Crippen LogP contribution < -0.4 is 15.1 Å². The molecule has 0 bridgehead atoms. The predicted octanol–water partition coefficient (Wildman–Crippen LogP) is 5.25. The van der Waals surface area contributed by atoms with Gasteiger partial charge in [-0.25, -0.2) is 9.29 Å². The van der Waals surface area contributed by atoms with Gasteiger partial charge in [0.1, 0.15) is 11.5 Å². The Kier molecular flexibility index (Phi) is 5.72. The Morgan fingerprint density at radius 2 is 1.66 bits per heavy atom. The van der Waals surface area contributed by atoms with E-state index in [1.165, 1.54) is 24.3 Å². The molecule has 7 heteroatoms. The normalized spacial score (nSPS) is 13.7. The molecule has 4 rings (SSSR count). The van der Waals surface area contributed by atoms with E-state index in [4.69, 9.17) is 11.6 Å². The largest absolute Gasteiger partial charge is 0.378 e. The summed E-state index contributed by atoms with van der Waals surface area (Å²) in [5, 5.41) is 3.60. The number of amides is 2. The van der Waals surface area contributed by atoms with Gasteiger partial charge in [-0.05, 0) is 60.5 Å². The fraction of sp³-hybridized carbons (Fsp3) is 0.120. The van der Waals surface area contributed by atoms with Crippen molar-refractivity contribution in [3.8, 4) is 0 Å². The Hall–Kier alpha value is -3.64. The van der Waals surface area contributed by atoms with Crippen LogP contribution in [0.4, 0.5) is 21.5 Å². The highest BCUT2D eigenvalue weighted by molar-refractivity contribution is 6.46. The summed E-state index contributed by atoms with van der Waals surface area (Å²) in [4.78, 5) is 30.0. The van der Waals surface area contributed by atoms with Gasteiger partial charge in [-0.2, -0.15) is 0 Å². The van der Waals surface area contributed by atoms with E-state index < -0.39 is 17.6 Å². The third-order valence-electron chi connectivity index (χ3n) is 5.28. The van der Waals surface area contributed by atoms with E-state index in [9.17, 15) is 14.0 Å². The van der Waals surface area contributed by atoms with Gasteiger partial charge in [-0.15, -0.1) is 0 Å². The number of hydrogen-bond donors (Lipinski definition) is 1. The molecule has 1 heterocycles. The minimum atomic E-state index is -0.496. The molecule has 3 aromatic carbocycles. The molecular weight excluding hydrogens is 429 g/mol. The second kappa shape index (κ2) is 8.48. The first-order chi connectivity index (χ1) is 15.3. The second-order valence-electron chi connectivity index (χ2n) is 7.70. The number of aryl methyl sites for hydroxylation is 1. The zero-order valence-electron chi connectivity index (χ0n) is 17.8. The van der Waals surface area contributed by atoms with Crippen molar-refractivity contribution < 1.29 is 14.0 Å². The summed E-state index contributed by atoms with van der Waals surface area (Å²) in [7, 11) is 3.76. The molecule has 0 fully saturated rings. The van der Waals surface area contributed by atoms with Gasteiger partial charge in [0.15, 0.2) is 0 Å². The number of carbonyl (C=O) groups is 2. The minimum Gasteiger partial charge on any atom is -0.378 e. The summed E-state index contributed by atoms with van der Waals surface area (Å²) >= 11 is 6.15. The lowest BCUT2D eigenvalue weighted by Crippen LogP contribution is -2.32. The number of hydrogen-bond acceptors (Lipinski definition) is 4. The Bertz CT molecular complexity index is 1250. The van der Waals surface area contributed by atoms with Crippen LogP contribution in [0.2, 0.25) is 5.02 Å². The molecule has 1 aliphatic heterocycles. The molecule has 1 N–H and O–H groups in total. The number of halogens is 2. The van der Waals surface area contributed by atoms with Gasteiger partial charge in [-0.3, -0.25) is 9.59 Å². The van der Waals surface area contributed by atoms with Crippen LogP contribution in [-0.4, -0.2) is 25.9 Å². The number of imide groups is 1. The highest BCUT2D eigenvalue weighted by Gasteiger charge is 2.40. The summed E-state index contributed by atoms with van der Waals surface area (Å²) in [6.45, 7) is 1.87. The fourth-order valence-electron chi connectivity index (χ4n) is 3.54. The molecule has 0 unspecified atom stereocenters. The van der Waals surface area contributed by atoms with Crippen LogP contribution >= 0.6 is 11.6 Å². The van der Waals surface area contributed by atoms with Crippen molar-refractivity contribution >= 4 is 46.1 Å². The van der Waals surface area contributed by atoms with Gasteiger partial charge in [0.2, 0.25) is 0 Å². The minimum absolute atomic E-state index is 0.113. The molecule has 0 atom stereocenters. The van der Waals surface area contributed by atoms with Crippen molar-refractivity contribution in [2.75, 3.05) is 29.2 Å². The van der Waals surface area contributed by atoms with Crippen LogP contribution in [0.5, 0.6) is 0 Å². The van der Waals surface area contributed by atoms with Gasteiger partial charge in [0, 0.05) is 30.5 Å². The van der Waals surface area contributed by atoms with E-state index in [1.54, 1.807) is 30.3 Å². The molecule has 1 aliphatic rings. The highest BCUT2D eigenvalue weighted by atomic mass is 35.5. The maximum absolute atomic E-state index is 13.5. The monoisotopic (exact) mass is 449 g/mol. The van der Waals surface area contributed by atoms with Crippen LogP contribution in [0.3, 0.4) is 0 Å². The molecule has 32 heavy (non-hydrogen) atoms. The fourth-order valence-corrected chi connectivity index (χ4v) is 3.71. The molecule has 3 aromatic rings. The number of nitrogens with zero attached hydrogens (tertiary/aromatic N) is 2. The average Bonchev–Trinajstić information content (AvgIpc) is 3.01. The van der Waals surface area contributed by atoms with Gasteiger partial charge in [0.25, 0.3) is 11.8 Å². The number of anilines is 3. The zero-order valence-corrected chi connectivity index (χ0v) is 18.6. The quantitative estimate of drug-likeness (QED) is 0.540. The topological polar surface area (TPSA) is 52.7 Å². The lowest BCUT2D eigenvalue weighted by Gasteiger charge is -2.19. The van der Waals surface area contributed by atoms with Gasteiger partial charge >= 0.3 is 0 Å². The van der Waals surface area contributed by atoms with Crippen molar-refractivity contribution in [1.82, 2.24) is 0 Å². The van der Waals surface area contributed by atoms with Crippen LogP contribution in [-0.2, 0) is 9.59 Å². The van der Waals surface area contributed by atoms with Crippen LogP contribution in [0.25, 0.3) is 5.57 Å². The van der Waals surface area contributed by atoms with Crippen LogP contribution in [0, 0.1) is 12.7 Å². The Morgan fingerprint density at radius 3 is 2.34 bits per heavy atom. The standard InChI is InChI=1S/C25H21ClFN3O2/c1-15-7-10-17(26)13-21(15)28-23-22(16-8-11-18(27)12-9-16)24(31)30(25(23)32)20-6-4-5-19(14-20)29(2)3/h4-14,28H,1-3H3. The molecule has 5 nitrogen and oxygen atoms in total. The molecule has 0 radical (unpaired) electrons. The second-order valence-corrected chi connectivity index (χ2v) is 8.14. The zero-order chi connectivity index (χ0) is 23.0. The maximum atomic E-state index is 13.5. The summed E-state index contributed by atoms with van der Waals surface area (Å²) < 4.78 is 13.5. The Morgan fingerprint density at radius 1 is 0.938 bits per heavy atom.